The molecule has 0 bridgehead atoms. The Labute approximate surface area is 113 Å². The van der Waals surface area contributed by atoms with Crippen LogP contribution in [0.5, 0.6) is 0 Å². The van der Waals surface area contributed by atoms with Crippen molar-refractivity contribution in [2.24, 2.45) is 5.92 Å². The Bertz CT molecular complexity index is 545. The van der Waals surface area contributed by atoms with E-state index < -0.39 is 10.0 Å². The van der Waals surface area contributed by atoms with Crippen LogP contribution in [0.4, 0.5) is 5.69 Å². The first kappa shape index (κ1) is 13.6. The third-order valence-corrected chi connectivity index (χ3v) is 5.27. The van der Waals surface area contributed by atoms with E-state index >= 15 is 0 Å². The highest BCUT2D eigenvalue weighted by Gasteiger charge is 2.28. The molecule has 1 aromatic carbocycles. The van der Waals surface area contributed by atoms with Crippen molar-refractivity contribution in [1.82, 2.24) is 4.72 Å². The average molecular weight is 289 g/mol. The maximum absolute atomic E-state index is 12.2. The molecule has 2 unspecified atom stereocenters. The molecule has 1 aliphatic rings. The summed E-state index contributed by atoms with van der Waals surface area (Å²) in [7, 11) is -3.51. The molecule has 100 valence electrons. The summed E-state index contributed by atoms with van der Waals surface area (Å²) < 4.78 is 27.1. The van der Waals surface area contributed by atoms with E-state index in [0.717, 1.165) is 19.3 Å². The molecule has 0 aromatic heterocycles. The van der Waals surface area contributed by atoms with Crippen LogP contribution in [-0.4, -0.2) is 14.5 Å². The molecule has 2 atom stereocenters. The van der Waals surface area contributed by atoms with Crippen LogP contribution in [0.3, 0.4) is 0 Å². The lowest BCUT2D eigenvalue weighted by Crippen LogP contribution is -2.36. The molecule has 1 saturated carbocycles. The van der Waals surface area contributed by atoms with E-state index in [1.807, 2.05) is 0 Å². The van der Waals surface area contributed by atoms with Crippen molar-refractivity contribution >= 4 is 27.3 Å². The van der Waals surface area contributed by atoms with Gasteiger partial charge in [0.2, 0.25) is 10.0 Å². The van der Waals surface area contributed by atoms with Gasteiger partial charge in [0.1, 0.15) is 0 Å². The summed E-state index contributed by atoms with van der Waals surface area (Å²) in [6.45, 7) is 2.07. The molecule has 0 saturated heterocycles. The lowest BCUT2D eigenvalue weighted by Gasteiger charge is -2.17. The maximum atomic E-state index is 12.2. The molecule has 0 aliphatic heterocycles. The van der Waals surface area contributed by atoms with Gasteiger partial charge in [-0.2, -0.15) is 0 Å². The minimum absolute atomic E-state index is 0.0197. The first-order chi connectivity index (χ1) is 8.40. The molecule has 0 radical (unpaired) electrons. The number of rotatable bonds is 3. The summed E-state index contributed by atoms with van der Waals surface area (Å²) in [6.07, 6.45) is 3.02. The number of nitrogen functional groups attached to an aromatic ring is 1. The Morgan fingerprint density at radius 3 is 2.67 bits per heavy atom. The fraction of sp³-hybridized carbons (Fsp3) is 0.500. The van der Waals surface area contributed by atoms with Gasteiger partial charge in [0, 0.05) is 6.04 Å². The van der Waals surface area contributed by atoms with Gasteiger partial charge in [-0.05, 0) is 37.0 Å². The summed E-state index contributed by atoms with van der Waals surface area (Å²) >= 11 is 5.85. The molecule has 1 aliphatic carbocycles. The maximum Gasteiger partial charge on any atom is 0.240 e. The van der Waals surface area contributed by atoms with Crippen molar-refractivity contribution in [3.05, 3.63) is 23.2 Å². The molecule has 18 heavy (non-hydrogen) atoms. The second-order valence-electron chi connectivity index (χ2n) is 4.82. The average Bonchev–Trinajstić information content (AvgIpc) is 2.67. The third-order valence-electron chi connectivity index (χ3n) is 3.45. The Morgan fingerprint density at radius 2 is 2.11 bits per heavy atom. The monoisotopic (exact) mass is 288 g/mol. The minimum atomic E-state index is -3.51. The SMILES string of the molecule is CC1CCCC1NS(=O)(=O)c1ccc(N)c(Cl)c1. The van der Waals surface area contributed by atoms with Crippen LogP contribution in [0, 0.1) is 5.92 Å². The lowest BCUT2D eigenvalue weighted by molar-refractivity contribution is 0.476. The zero-order valence-corrected chi connectivity index (χ0v) is 11.8. The van der Waals surface area contributed by atoms with Crippen LogP contribution < -0.4 is 10.5 Å². The number of nitrogens with one attached hydrogen (secondary N) is 1. The highest BCUT2D eigenvalue weighted by molar-refractivity contribution is 7.89. The van der Waals surface area contributed by atoms with Gasteiger partial charge in [-0.1, -0.05) is 24.9 Å². The highest BCUT2D eigenvalue weighted by Crippen LogP contribution is 2.27. The zero-order chi connectivity index (χ0) is 13.3. The van der Waals surface area contributed by atoms with Gasteiger partial charge in [0.15, 0.2) is 0 Å². The molecule has 6 heteroatoms. The number of hydrogen-bond donors (Lipinski definition) is 2. The Hall–Kier alpha value is -0.780. The normalized spacial score (nSPS) is 24.3. The van der Waals surface area contributed by atoms with Gasteiger partial charge in [-0.25, -0.2) is 13.1 Å². The van der Waals surface area contributed by atoms with E-state index in [1.165, 1.54) is 18.2 Å². The van der Waals surface area contributed by atoms with Crippen LogP contribution in [0.15, 0.2) is 23.1 Å². The quantitative estimate of drug-likeness (QED) is 0.839. The van der Waals surface area contributed by atoms with Gasteiger partial charge < -0.3 is 5.73 Å². The standard InChI is InChI=1S/C12H17ClN2O2S/c1-8-3-2-4-12(8)15-18(16,17)9-5-6-11(14)10(13)7-9/h5-8,12,15H,2-4,14H2,1H3. The molecule has 3 N–H and O–H groups in total. The van der Waals surface area contributed by atoms with Crippen molar-refractivity contribution in [1.29, 1.82) is 0 Å². The molecule has 1 aromatic rings. The molecule has 0 spiro atoms. The van der Waals surface area contributed by atoms with Gasteiger partial charge in [-0.15, -0.1) is 0 Å². The number of halogens is 1. The van der Waals surface area contributed by atoms with Crippen molar-refractivity contribution in [3.8, 4) is 0 Å². The topological polar surface area (TPSA) is 72.2 Å². The largest absolute Gasteiger partial charge is 0.398 e. The summed E-state index contributed by atoms with van der Waals surface area (Å²) in [5.74, 6) is 0.379. The number of nitrogens with two attached hydrogens (primary N) is 1. The molecule has 4 nitrogen and oxygen atoms in total. The third kappa shape index (κ3) is 2.79. The smallest absolute Gasteiger partial charge is 0.240 e. The van der Waals surface area contributed by atoms with Crippen LogP contribution in [0.25, 0.3) is 0 Å². The van der Waals surface area contributed by atoms with E-state index in [2.05, 4.69) is 11.6 Å². The molecule has 1 fully saturated rings. The van der Waals surface area contributed by atoms with E-state index in [9.17, 15) is 8.42 Å². The summed E-state index contributed by atoms with van der Waals surface area (Å²) in [4.78, 5) is 0.167. The molecule has 2 rings (SSSR count). The van der Waals surface area contributed by atoms with E-state index in [1.54, 1.807) is 0 Å². The summed E-state index contributed by atoms with van der Waals surface area (Å²) in [6, 6.07) is 4.39. The van der Waals surface area contributed by atoms with Gasteiger partial charge in [-0.3, -0.25) is 0 Å². The second-order valence-corrected chi connectivity index (χ2v) is 6.94. The van der Waals surface area contributed by atoms with E-state index in [-0.39, 0.29) is 16.0 Å². The van der Waals surface area contributed by atoms with Crippen LogP contribution in [0.1, 0.15) is 26.2 Å². The van der Waals surface area contributed by atoms with Crippen LogP contribution in [0.2, 0.25) is 5.02 Å². The number of benzene rings is 1. The fourth-order valence-electron chi connectivity index (χ4n) is 2.26. The van der Waals surface area contributed by atoms with E-state index in [0.29, 0.717) is 11.6 Å². The van der Waals surface area contributed by atoms with Crippen molar-refractivity contribution in [3.63, 3.8) is 0 Å². The van der Waals surface area contributed by atoms with Crippen molar-refractivity contribution in [2.75, 3.05) is 5.73 Å². The number of sulfonamides is 1. The predicted molar refractivity (Wildman–Crippen MR) is 73.0 cm³/mol. The Balaban J connectivity index is 2.22. The number of hydrogen-bond acceptors (Lipinski definition) is 3. The minimum Gasteiger partial charge on any atom is -0.398 e. The Morgan fingerprint density at radius 1 is 1.39 bits per heavy atom. The summed E-state index contributed by atoms with van der Waals surface area (Å²) in [5.41, 5.74) is 5.95. The lowest BCUT2D eigenvalue weighted by atomic mass is 10.1. The fourth-order valence-corrected chi connectivity index (χ4v) is 3.91. The zero-order valence-electron chi connectivity index (χ0n) is 10.2. The summed E-state index contributed by atoms with van der Waals surface area (Å²) in [5, 5.41) is 0.261. The molecular formula is C12H17ClN2O2S. The highest BCUT2D eigenvalue weighted by atomic mass is 35.5. The van der Waals surface area contributed by atoms with Gasteiger partial charge in [0.25, 0.3) is 0 Å². The predicted octanol–water partition coefficient (Wildman–Crippen LogP) is 2.39. The first-order valence-corrected chi connectivity index (χ1v) is 7.83. The molecule has 0 heterocycles. The van der Waals surface area contributed by atoms with Crippen molar-refractivity contribution in [2.45, 2.75) is 37.1 Å². The van der Waals surface area contributed by atoms with Crippen LogP contribution in [-0.2, 0) is 10.0 Å². The van der Waals surface area contributed by atoms with Crippen molar-refractivity contribution < 1.29 is 8.42 Å². The first-order valence-electron chi connectivity index (χ1n) is 5.97. The molecule has 0 amide bonds. The van der Waals surface area contributed by atoms with E-state index in [4.69, 9.17) is 17.3 Å². The number of anilines is 1. The molecular weight excluding hydrogens is 272 g/mol. The van der Waals surface area contributed by atoms with Crippen LogP contribution >= 0.6 is 11.6 Å². The van der Waals surface area contributed by atoms with Gasteiger partial charge >= 0.3 is 0 Å². The second kappa shape index (κ2) is 5.07. The van der Waals surface area contributed by atoms with Gasteiger partial charge in [0.05, 0.1) is 15.6 Å². The Kier molecular flexibility index (Phi) is 3.84.